The van der Waals surface area contributed by atoms with Crippen molar-refractivity contribution in [1.82, 2.24) is 5.32 Å². The van der Waals surface area contributed by atoms with Crippen molar-refractivity contribution in [2.45, 2.75) is 25.5 Å². The fourth-order valence-corrected chi connectivity index (χ4v) is 2.51. The summed E-state index contributed by atoms with van der Waals surface area (Å²) in [7, 11) is 0. The van der Waals surface area contributed by atoms with Crippen molar-refractivity contribution < 1.29 is 14.3 Å². The maximum absolute atomic E-state index is 12.2. The Hall–Kier alpha value is -1.59. The molecule has 0 aromatic heterocycles. The molecular weight excluding hydrogens is 244 g/mol. The fraction of sp³-hybridized carbons (Fsp3) is 0.500. The topological polar surface area (TPSA) is 59.6 Å². The lowest BCUT2D eigenvalue weighted by atomic mass is 10.1. The van der Waals surface area contributed by atoms with E-state index in [-0.39, 0.29) is 18.1 Å². The number of morpholine rings is 1. The van der Waals surface area contributed by atoms with Crippen LogP contribution < -0.4 is 15.4 Å². The highest BCUT2D eigenvalue weighted by atomic mass is 16.5. The molecule has 19 heavy (non-hydrogen) atoms. The zero-order valence-electron chi connectivity index (χ0n) is 10.9. The van der Waals surface area contributed by atoms with Gasteiger partial charge in [0.1, 0.15) is 11.8 Å². The van der Waals surface area contributed by atoms with Gasteiger partial charge in [-0.2, -0.15) is 0 Å². The van der Waals surface area contributed by atoms with Crippen LogP contribution in [0.5, 0.6) is 5.75 Å². The molecule has 1 fully saturated rings. The third kappa shape index (κ3) is 2.57. The predicted molar refractivity (Wildman–Crippen MR) is 71.5 cm³/mol. The minimum absolute atomic E-state index is 0.0499. The predicted octanol–water partition coefficient (Wildman–Crippen LogP) is 0.937. The highest BCUT2D eigenvalue weighted by Gasteiger charge is 2.28. The van der Waals surface area contributed by atoms with Crippen LogP contribution in [0.1, 0.15) is 12.5 Å². The van der Waals surface area contributed by atoms with E-state index in [1.165, 1.54) is 0 Å². The summed E-state index contributed by atoms with van der Waals surface area (Å²) in [6, 6.07) is 5.47. The van der Waals surface area contributed by atoms with Gasteiger partial charge in [0.05, 0.1) is 19.3 Å². The highest BCUT2D eigenvalue weighted by Crippen LogP contribution is 2.27. The first-order valence-corrected chi connectivity index (χ1v) is 6.65. The number of benzene rings is 1. The first kappa shape index (κ1) is 12.4. The number of hydrogen-bond acceptors (Lipinski definition) is 4. The van der Waals surface area contributed by atoms with Gasteiger partial charge in [0.2, 0.25) is 5.91 Å². The minimum Gasteiger partial charge on any atom is -0.493 e. The van der Waals surface area contributed by atoms with Gasteiger partial charge in [0.15, 0.2) is 0 Å². The van der Waals surface area contributed by atoms with E-state index in [1.54, 1.807) is 0 Å². The summed E-state index contributed by atoms with van der Waals surface area (Å²) in [5.74, 6) is 0.872. The van der Waals surface area contributed by atoms with Gasteiger partial charge in [-0.1, -0.05) is 0 Å². The van der Waals surface area contributed by atoms with Crippen molar-refractivity contribution in [3.8, 4) is 5.75 Å². The Morgan fingerprint density at radius 3 is 3.16 bits per heavy atom. The Balaban J connectivity index is 1.69. The molecule has 102 valence electrons. The van der Waals surface area contributed by atoms with Gasteiger partial charge in [-0.3, -0.25) is 4.79 Å². The standard InChI is InChI=1S/C14H18N2O3/c1-9-13(15-5-7-18-9)14(17)16-11-2-3-12-10(8-11)4-6-19-12/h2-3,8-9,13,15H,4-7H2,1H3,(H,16,17)/t9-,13+/m1/s1. The van der Waals surface area contributed by atoms with Crippen LogP contribution in [0, 0.1) is 0 Å². The molecule has 0 radical (unpaired) electrons. The van der Waals surface area contributed by atoms with E-state index in [9.17, 15) is 4.79 Å². The zero-order chi connectivity index (χ0) is 13.2. The molecule has 2 atom stereocenters. The monoisotopic (exact) mass is 262 g/mol. The van der Waals surface area contributed by atoms with Crippen LogP contribution in [0.2, 0.25) is 0 Å². The van der Waals surface area contributed by atoms with Crippen LogP contribution in [0.3, 0.4) is 0 Å². The summed E-state index contributed by atoms with van der Waals surface area (Å²) in [5.41, 5.74) is 1.97. The summed E-state index contributed by atoms with van der Waals surface area (Å²) in [4.78, 5) is 12.2. The van der Waals surface area contributed by atoms with Crippen molar-refractivity contribution in [1.29, 1.82) is 0 Å². The van der Waals surface area contributed by atoms with Gasteiger partial charge in [0.25, 0.3) is 0 Å². The van der Waals surface area contributed by atoms with E-state index < -0.39 is 0 Å². The second-order valence-electron chi connectivity index (χ2n) is 4.92. The summed E-state index contributed by atoms with van der Waals surface area (Å²) in [6.45, 7) is 4.00. The van der Waals surface area contributed by atoms with Crippen LogP contribution >= 0.6 is 0 Å². The van der Waals surface area contributed by atoms with Gasteiger partial charge in [-0.15, -0.1) is 0 Å². The van der Waals surface area contributed by atoms with E-state index in [0.29, 0.717) is 13.2 Å². The molecule has 0 unspecified atom stereocenters. The zero-order valence-corrected chi connectivity index (χ0v) is 10.9. The van der Waals surface area contributed by atoms with E-state index in [4.69, 9.17) is 9.47 Å². The molecule has 0 aliphatic carbocycles. The van der Waals surface area contributed by atoms with Crippen LogP contribution in [0.25, 0.3) is 0 Å². The lowest BCUT2D eigenvalue weighted by molar-refractivity contribution is -0.123. The number of fused-ring (bicyclic) bond motifs is 1. The highest BCUT2D eigenvalue weighted by molar-refractivity contribution is 5.95. The molecule has 2 aliphatic rings. The smallest absolute Gasteiger partial charge is 0.244 e. The van der Waals surface area contributed by atoms with Gasteiger partial charge in [-0.05, 0) is 30.7 Å². The first-order valence-electron chi connectivity index (χ1n) is 6.65. The van der Waals surface area contributed by atoms with Crippen LogP contribution in [-0.4, -0.2) is 37.8 Å². The van der Waals surface area contributed by atoms with Crippen molar-refractivity contribution in [2.75, 3.05) is 25.1 Å². The molecule has 2 heterocycles. The lowest BCUT2D eigenvalue weighted by Crippen LogP contribution is -2.53. The molecule has 1 aromatic carbocycles. The number of carbonyl (C=O) groups excluding carboxylic acids is 1. The largest absolute Gasteiger partial charge is 0.493 e. The average Bonchev–Trinajstić information content (AvgIpc) is 2.86. The Morgan fingerprint density at radius 2 is 2.32 bits per heavy atom. The van der Waals surface area contributed by atoms with E-state index in [2.05, 4.69) is 10.6 Å². The summed E-state index contributed by atoms with van der Waals surface area (Å²) >= 11 is 0. The van der Waals surface area contributed by atoms with Crippen molar-refractivity contribution in [3.63, 3.8) is 0 Å². The second-order valence-corrected chi connectivity index (χ2v) is 4.92. The molecule has 1 aromatic rings. The number of ether oxygens (including phenoxy) is 2. The van der Waals surface area contributed by atoms with Gasteiger partial charge >= 0.3 is 0 Å². The third-order valence-electron chi connectivity index (χ3n) is 3.56. The number of anilines is 1. The maximum atomic E-state index is 12.2. The number of carbonyl (C=O) groups is 1. The minimum atomic E-state index is -0.293. The Morgan fingerprint density at radius 1 is 1.42 bits per heavy atom. The number of amides is 1. The van der Waals surface area contributed by atoms with Crippen LogP contribution in [-0.2, 0) is 16.0 Å². The second kappa shape index (κ2) is 5.19. The third-order valence-corrected chi connectivity index (χ3v) is 3.56. The average molecular weight is 262 g/mol. The SMILES string of the molecule is C[C@H]1OCCN[C@@H]1C(=O)Nc1ccc2c(c1)CCO2. The molecule has 0 spiro atoms. The quantitative estimate of drug-likeness (QED) is 0.832. The lowest BCUT2D eigenvalue weighted by Gasteiger charge is -2.29. The van der Waals surface area contributed by atoms with Crippen LogP contribution in [0.15, 0.2) is 18.2 Å². The Bertz CT molecular complexity index is 490. The maximum Gasteiger partial charge on any atom is 0.244 e. The molecule has 3 rings (SSSR count). The molecule has 2 N–H and O–H groups in total. The number of hydrogen-bond donors (Lipinski definition) is 2. The normalized spacial score (nSPS) is 25.5. The number of nitrogens with one attached hydrogen (secondary N) is 2. The molecular formula is C14H18N2O3. The van der Waals surface area contributed by atoms with Gasteiger partial charge in [-0.25, -0.2) is 0 Å². The van der Waals surface area contributed by atoms with E-state index in [1.807, 2.05) is 25.1 Å². The molecule has 0 saturated carbocycles. The molecule has 1 amide bonds. The van der Waals surface area contributed by atoms with Crippen molar-refractivity contribution in [2.24, 2.45) is 0 Å². The van der Waals surface area contributed by atoms with Gasteiger partial charge < -0.3 is 20.1 Å². The van der Waals surface area contributed by atoms with E-state index in [0.717, 1.165) is 30.0 Å². The molecule has 2 aliphatic heterocycles. The molecule has 5 heteroatoms. The summed E-state index contributed by atoms with van der Waals surface area (Å²) < 4.78 is 10.9. The Labute approximate surface area is 112 Å². The summed E-state index contributed by atoms with van der Waals surface area (Å²) in [6.07, 6.45) is 0.798. The molecule has 1 saturated heterocycles. The molecule has 5 nitrogen and oxygen atoms in total. The summed E-state index contributed by atoms with van der Waals surface area (Å²) in [5, 5.41) is 6.11. The van der Waals surface area contributed by atoms with Crippen LogP contribution in [0.4, 0.5) is 5.69 Å². The Kier molecular flexibility index (Phi) is 3.40. The fourth-order valence-electron chi connectivity index (χ4n) is 2.51. The first-order chi connectivity index (χ1) is 9.24. The van der Waals surface area contributed by atoms with Crippen molar-refractivity contribution in [3.05, 3.63) is 23.8 Å². The van der Waals surface area contributed by atoms with Gasteiger partial charge in [0, 0.05) is 18.7 Å². The van der Waals surface area contributed by atoms with Crippen molar-refractivity contribution >= 4 is 11.6 Å². The molecule has 0 bridgehead atoms. The van der Waals surface area contributed by atoms with E-state index >= 15 is 0 Å². The number of rotatable bonds is 2.